The van der Waals surface area contributed by atoms with E-state index in [1.807, 2.05) is 12.1 Å². The number of benzene rings is 1. The fraction of sp³-hybridized carbons (Fsp3) is 0.600. The summed E-state index contributed by atoms with van der Waals surface area (Å²) < 4.78 is 5.74. The molecular weight excluding hydrogens is 226 g/mol. The fourth-order valence-electron chi connectivity index (χ4n) is 2.35. The Bertz CT molecular complexity index is 394. The van der Waals surface area contributed by atoms with Gasteiger partial charge < -0.3 is 15.2 Å². The second-order valence-electron chi connectivity index (χ2n) is 5.42. The van der Waals surface area contributed by atoms with Crippen LogP contribution in [-0.2, 0) is 0 Å². The minimum Gasteiger partial charge on any atom is -0.493 e. The van der Waals surface area contributed by atoms with Crippen LogP contribution >= 0.6 is 0 Å². The molecule has 0 spiro atoms. The van der Waals surface area contributed by atoms with E-state index < -0.39 is 0 Å². The van der Waals surface area contributed by atoms with Crippen LogP contribution in [0.25, 0.3) is 0 Å². The van der Waals surface area contributed by atoms with Gasteiger partial charge >= 0.3 is 0 Å². The Morgan fingerprint density at radius 2 is 2.11 bits per heavy atom. The van der Waals surface area contributed by atoms with E-state index in [0.29, 0.717) is 12.0 Å². The summed E-state index contributed by atoms with van der Waals surface area (Å²) in [5.74, 6) is 1.68. The first-order valence-electron chi connectivity index (χ1n) is 6.72. The van der Waals surface area contributed by atoms with Gasteiger partial charge in [-0.25, -0.2) is 0 Å². The van der Waals surface area contributed by atoms with Crippen molar-refractivity contribution in [3.05, 3.63) is 29.8 Å². The van der Waals surface area contributed by atoms with E-state index >= 15 is 0 Å². The van der Waals surface area contributed by atoms with E-state index in [1.54, 1.807) is 0 Å². The molecule has 2 rings (SSSR count). The number of para-hydroxylation sites is 1. The van der Waals surface area contributed by atoms with Gasteiger partial charge in [-0.2, -0.15) is 0 Å². The molecule has 1 aromatic rings. The molecule has 0 bridgehead atoms. The Morgan fingerprint density at radius 1 is 1.39 bits per heavy atom. The van der Waals surface area contributed by atoms with Crippen LogP contribution in [0.15, 0.2) is 24.3 Å². The molecule has 1 heterocycles. The number of aliphatic hydroxyl groups is 1. The lowest BCUT2D eigenvalue weighted by Crippen LogP contribution is -2.42. The van der Waals surface area contributed by atoms with Crippen LogP contribution in [0.5, 0.6) is 5.75 Å². The lowest BCUT2D eigenvalue weighted by Gasteiger charge is -2.35. The van der Waals surface area contributed by atoms with E-state index in [-0.39, 0.29) is 18.6 Å². The van der Waals surface area contributed by atoms with Crippen LogP contribution in [0, 0.1) is 11.8 Å². The molecule has 4 unspecified atom stereocenters. The molecule has 4 atom stereocenters. The third-order valence-electron chi connectivity index (χ3n) is 3.91. The van der Waals surface area contributed by atoms with Gasteiger partial charge in [-0.1, -0.05) is 32.0 Å². The SMILES string of the molecule is CC(CO)C(C)NC1c2ccccc2OCC1C. The predicted octanol–water partition coefficient (Wildman–Crippen LogP) is 2.36. The van der Waals surface area contributed by atoms with Crippen LogP contribution in [0.1, 0.15) is 32.4 Å². The van der Waals surface area contributed by atoms with Crippen LogP contribution in [0.3, 0.4) is 0 Å². The van der Waals surface area contributed by atoms with E-state index in [0.717, 1.165) is 12.4 Å². The fourth-order valence-corrected chi connectivity index (χ4v) is 2.35. The number of hydrogen-bond acceptors (Lipinski definition) is 3. The number of fused-ring (bicyclic) bond motifs is 1. The molecular formula is C15H23NO2. The number of ether oxygens (including phenoxy) is 1. The molecule has 0 aliphatic carbocycles. The van der Waals surface area contributed by atoms with Gasteiger partial charge in [0.15, 0.2) is 0 Å². The quantitative estimate of drug-likeness (QED) is 0.860. The summed E-state index contributed by atoms with van der Waals surface area (Å²) in [6.07, 6.45) is 0. The molecule has 1 aliphatic rings. The highest BCUT2D eigenvalue weighted by Crippen LogP contribution is 2.35. The normalized spacial score (nSPS) is 26.0. The maximum Gasteiger partial charge on any atom is 0.124 e. The van der Waals surface area contributed by atoms with E-state index in [4.69, 9.17) is 4.74 Å². The van der Waals surface area contributed by atoms with Crippen molar-refractivity contribution in [1.82, 2.24) is 5.32 Å². The molecule has 100 valence electrons. The predicted molar refractivity (Wildman–Crippen MR) is 72.7 cm³/mol. The van der Waals surface area contributed by atoms with E-state index in [9.17, 15) is 5.11 Å². The van der Waals surface area contributed by atoms with Gasteiger partial charge in [0.05, 0.1) is 6.61 Å². The Labute approximate surface area is 109 Å². The molecule has 0 saturated heterocycles. The molecule has 3 nitrogen and oxygen atoms in total. The molecule has 3 heteroatoms. The van der Waals surface area contributed by atoms with Gasteiger partial charge in [-0.3, -0.25) is 0 Å². The Balaban J connectivity index is 2.16. The molecule has 0 radical (unpaired) electrons. The first-order chi connectivity index (χ1) is 8.63. The highest BCUT2D eigenvalue weighted by atomic mass is 16.5. The lowest BCUT2D eigenvalue weighted by molar-refractivity contribution is 0.156. The minimum absolute atomic E-state index is 0.216. The first kappa shape index (κ1) is 13.4. The summed E-state index contributed by atoms with van der Waals surface area (Å²) >= 11 is 0. The van der Waals surface area contributed by atoms with Gasteiger partial charge in [-0.15, -0.1) is 0 Å². The molecule has 1 aliphatic heterocycles. The first-order valence-corrected chi connectivity index (χ1v) is 6.72. The second kappa shape index (κ2) is 5.72. The van der Waals surface area contributed by atoms with Crippen molar-refractivity contribution in [1.29, 1.82) is 0 Å². The number of hydrogen-bond donors (Lipinski definition) is 2. The summed E-state index contributed by atoms with van der Waals surface area (Å²) in [5.41, 5.74) is 1.23. The summed E-state index contributed by atoms with van der Waals surface area (Å²) in [4.78, 5) is 0. The Morgan fingerprint density at radius 3 is 2.83 bits per heavy atom. The maximum atomic E-state index is 9.23. The van der Waals surface area contributed by atoms with Crippen molar-refractivity contribution < 1.29 is 9.84 Å². The summed E-state index contributed by atoms with van der Waals surface area (Å²) in [7, 11) is 0. The average Bonchev–Trinajstić information content (AvgIpc) is 2.41. The molecule has 0 fully saturated rings. The Kier molecular flexibility index (Phi) is 4.25. The zero-order valence-corrected chi connectivity index (χ0v) is 11.4. The van der Waals surface area contributed by atoms with E-state index in [1.165, 1.54) is 5.56 Å². The van der Waals surface area contributed by atoms with Crippen molar-refractivity contribution >= 4 is 0 Å². The monoisotopic (exact) mass is 249 g/mol. The highest BCUT2D eigenvalue weighted by molar-refractivity contribution is 5.38. The second-order valence-corrected chi connectivity index (χ2v) is 5.42. The average molecular weight is 249 g/mol. The van der Waals surface area contributed by atoms with Crippen molar-refractivity contribution in [2.24, 2.45) is 11.8 Å². The maximum absolute atomic E-state index is 9.23. The van der Waals surface area contributed by atoms with Gasteiger partial charge in [0, 0.05) is 30.2 Å². The largest absolute Gasteiger partial charge is 0.493 e. The van der Waals surface area contributed by atoms with Crippen LogP contribution < -0.4 is 10.1 Å². The molecule has 0 amide bonds. The highest BCUT2D eigenvalue weighted by Gasteiger charge is 2.29. The molecule has 1 aromatic carbocycles. The summed E-state index contributed by atoms with van der Waals surface area (Å²) in [5, 5.41) is 12.9. The zero-order chi connectivity index (χ0) is 13.1. The van der Waals surface area contributed by atoms with Crippen molar-refractivity contribution in [2.45, 2.75) is 32.9 Å². The van der Waals surface area contributed by atoms with Crippen LogP contribution in [-0.4, -0.2) is 24.4 Å². The third-order valence-corrected chi connectivity index (χ3v) is 3.91. The van der Waals surface area contributed by atoms with E-state index in [2.05, 4.69) is 38.2 Å². The van der Waals surface area contributed by atoms with Crippen LogP contribution in [0.4, 0.5) is 0 Å². The van der Waals surface area contributed by atoms with Crippen LogP contribution in [0.2, 0.25) is 0 Å². The molecule has 2 N–H and O–H groups in total. The van der Waals surface area contributed by atoms with Crippen molar-refractivity contribution in [3.8, 4) is 5.75 Å². The lowest BCUT2D eigenvalue weighted by atomic mass is 9.90. The third kappa shape index (κ3) is 2.68. The number of rotatable bonds is 4. The van der Waals surface area contributed by atoms with Gasteiger partial charge in [0.1, 0.15) is 5.75 Å². The molecule has 18 heavy (non-hydrogen) atoms. The zero-order valence-electron chi connectivity index (χ0n) is 11.4. The topological polar surface area (TPSA) is 41.5 Å². The molecule has 0 aromatic heterocycles. The summed E-state index contributed by atoms with van der Waals surface area (Å²) in [6.45, 7) is 7.35. The minimum atomic E-state index is 0.216. The smallest absolute Gasteiger partial charge is 0.124 e. The van der Waals surface area contributed by atoms with Crippen molar-refractivity contribution in [3.63, 3.8) is 0 Å². The van der Waals surface area contributed by atoms with Crippen molar-refractivity contribution in [2.75, 3.05) is 13.2 Å². The number of nitrogens with one attached hydrogen (secondary N) is 1. The standard InChI is InChI=1S/C15H23NO2/c1-10(8-17)12(3)16-15-11(2)9-18-14-7-5-4-6-13(14)15/h4-7,10-12,15-17H,8-9H2,1-3H3. The van der Waals surface area contributed by atoms with Gasteiger partial charge in [0.25, 0.3) is 0 Å². The van der Waals surface area contributed by atoms with Gasteiger partial charge in [0.2, 0.25) is 0 Å². The molecule has 0 saturated carbocycles. The summed E-state index contributed by atoms with van der Waals surface area (Å²) in [6, 6.07) is 8.79. The Hall–Kier alpha value is -1.06. The van der Waals surface area contributed by atoms with Gasteiger partial charge in [-0.05, 0) is 18.9 Å². The number of aliphatic hydroxyl groups excluding tert-OH is 1.